The zero-order chi connectivity index (χ0) is 18.0. The SMILES string of the molecule is COc1ccc(Br)c(C(=O)OCC(=O)c2c(C)[nH]c3ccccc23)c1. The molecule has 2 aromatic carbocycles. The zero-order valence-corrected chi connectivity index (χ0v) is 15.3. The maximum Gasteiger partial charge on any atom is 0.339 e. The fraction of sp³-hybridized carbons (Fsp3) is 0.158. The number of aromatic amines is 1. The lowest BCUT2D eigenvalue weighted by atomic mass is 10.1. The number of benzene rings is 2. The fourth-order valence-corrected chi connectivity index (χ4v) is 3.11. The molecule has 0 saturated carbocycles. The van der Waals surface area contributed by atoms with Crippen molar-refractivity contribution in [2.45, 2.75) is 6.92 Å². The molecule has 1 aromatic heterocycles. The van der Waals surface area contributed by atoms with E-state index in [0.717, 1.165) is 16.6 Å². The number of aryl methyl sites for hydroxylation is 1. The first-order valence-electron chi connectivity index (χ1n) is 7.62. The highest BCUT2D eigenvalue weighted by Gasteiger charge is 2.19. The molecule has 0 amide bonds. The second kappa shape index (κ2) is 7.11. The molecule has 1 N–H and O–H groups in total. The number of nitrogens with one attached hydrogen (secondary N) is 1. The van der Waals surface area contributed by atoms with Crippen LogP contribution in [0.5, 0.6) is 5.75 Å². The summed E-state index contributed by atoms with van der Waals surface area (Å²) in [7, 11) is 1.52. The van der Waals surface area contributed by atoms with Gasteiger partial charge in [0, 0.05) is 26.6 Å². The Morgan fingerprint density at radius 2 is 1.92 bits per heavy atom. The van der Waals surface area contributed by atoms with Gasteiger partial charge in [-0.05, 0) is 47.1 Å². The number of halogens is 1. The van der Waals surface area contributed by atoms with Crippen LogP contribution in [-0.4, -0.2) is 30.5 Å². The number of hydrogen-bond acceptors (Lipinski definition) is 4. The van der Waals surface area contributed by atoms with E-state index >= 15 is 0 Å². The number of rotatable bonds is 5. The molecule has 0 aliphatic rings. The smallest absolute Gasteiger partial charge is 0.339 e. The monoisotopic (exact) mass is 401 g/mol. The maximum atomic E-state index is 12.6. The van der Waals surface area contributed by atoms with Gasteiger partial charge in [0.05, 0.1) is 12.7 Å². The van der Waals surface area contributed by atoms with E-state index in [2.05, 4.69) is 20.9 Å². The van der Waals surface area contributed by atoms with Gasteiger partial charge in [-0.25, -0.2) is 4.79 Å². The Hall–Kier alpha value is -2.60. The molecule has 0 fully saturated rings. The van der Waals surface area contributed by atoms with Crippen molar-refractivity contribution >= 4 is 38.6 Å². The van der Waals surface area contributed by atoms with Gasteiger partial charge < -0.3 is 14.5 Å². The van der Waals surface area contributed by atoms with Gasteiger partial charge in [0.2, 0.25) is 5.78 Å². The fourth-order valence-electron chi connectivity index (χ4n) is 2.70. The molecule has 3 aromatic rings. The van der Waals surface area contributed by atoms with Crippen LogP contribution < -0.4 is 4.74 Å². The van der Waals surface area contributed by atoms with Crippen LogP contribution in [0.15, 0.2) is 46.9 Å². The van der Waals surface area contributed by atoms with Crippen LogP contribution in [0.25, 0.3) is 10.9 Å². The first kappa shape index (κ1) is 17.2. The maximum absolute atomic E-state index is 12.6. The molecular formula is C19H16BrNO4. The van der Waals surface area contributed by atoms with Crippen LogP contribution in [0.1, 0.15) is 26.4 Å². The lowest BCUT2D eigenvalue weighted by molar-refractivity contribution is 0.0473. The molecule has 0 unspecified atom stereocenters. The highest BCUT2D eigenvalue weighted by molar-refractivity contribution is 9.10. The van der Waals surface area contributed by atoms with Gasteiger partial charge in [0.15, 0.2) is 6.61 Å². The van der Waals surface area contributed by atoms with E-state index in [1.54, 1.807) is 18.2 Å². The number of ether oxygens (including phenoxy) is 2. The van der Waals surface area contributed by atoms with Crippen molar-refractivity contribution < 1.29 is 19.1 Å². The molecule has 0 atom stereocenters. The van der Waals surface area contributed by atoms with Gasteiger partial charge in [-0.1, -0.05) is 18.2 Å². The second-order valence-corrected chi connectivity index (χ2v) is 6.37. The van der Waals surface area contributed by atoms with Crippen LogP contribution in [0.3, 0.4) is 0 Å². The van der Waals surface area contributed by atoms with Crippen molar-refractivity contribution in [2.75, 3.05) is 13.7 Å². The van der Waals surface area contributed by atoms with Gasteiger partial charge in [-0.15, -0.1) is 0 Å². The van der Waals surface area contributed by atoms with Crippen molar-refractivity contribution in [1.29, 1.82) is 0 Å². The van der Waals surface area contributed by atoms with Gasteiger partial charge in [0.25, 0.3) is 0 Å². The number of H-pyrrole nitrogens is 1. The van der Waals surface area contributed by atoms with Gasteiger partial charge in [-0.3, -0.25) is 4.79 Å². The summed E-state index contributed by atoms with van der Waals surface area (Å²) in [6.07, 6.45) is 0. The van der Waals surface area contributed by atoms with E-state index in [4.69, 9.17) is 9.47 Å². The minimum atomic E-state index is -0.586. The van der Waals surface area contributed by atoms with Crippen LogP contribution in [0.2, 0.25) is 0 Å². The third-order valence-corrected chi connectivity index (χ3v) is 4.59. The lowest BCUT2D eigenvalue weighted by Crippen LogP contribution is -2.15. The van der Waals surface area contributed by atoms with Crippen LogP contribution in [0, 0.1) is 6.92 Å². The Bertz CT molecular complexity index is 961. The molecule has 128 valence electrons. The number of Topliss-reactive ketones (excluding diaryl/α,β-unsaturated/α-hetero) is 1. The largest absolute Gasteiger partial charge is 0.497 e. The number of carbonyl (C=O) groups is 2. The molecule has 0 bridgehead atoms. The Morgan fingerprint density at radius 1 is 1.16 bits per heavy atom. The summed E-state index contributed by atoms with van der Waals surface area (Å²) in [6.45, 7) is 1.50. The number of fused-ring (bicyclic) bond motifs is 1. The Labute approximate surface area is 153 Å². The predicted octanol–water partition coefficient (Wildman–Crippen LogP) is 4.29. The van der Waals surface area contributed by atoms with Crippen molar-refractivity contribution in [3.8, 4) is 5.75 Å². The molecule has 0 saturated heterocycles. The minimum Gasteiger partial charge on any atom is -0.497 e. The standard InChI is InChI=1S/C19H16BrNO4/c1-11-18(13-5-3-4-6-16(13)21-11)17(22)10-25-19(23)14-9-12(24-2)7-8-15(14)20/h3-9,21H,10H2,1-2H3. The molecule has 3 rings (SSSR count). The minimum absolute atomic E-state index is 0.248. The summed E-state index contributed by atoms with van der Waals surface area (Å²) in [6, 6.07) is 12.5. The van der Waals surface area contributed by atoms with Crippen LogP contribution >= 0.6 is 15.9 Å². The van der Waals surface area contributed by atoms with Crippen molar-refractivity contribution in [1.82, 2.24) is 4.98 Å². The predicted molar refractivity (Wildman–Crippen MR) is 98.3 cm³/mol. The second-order valence-electron chi connectivity index (χ2n) is 5.52. The van der Waals surface area contributed by atoms with E-state index in [9.17, 15) is 9.59 Å². The van der Waals surface area contributed by atoms with Crippen LogP contribution in [0.4, 0.5) is 0 Å². The summed E-state index contributed by atoms with van der Waals surface area (Å²) in [4.78, 5) is 28.0. The molecule has 0 radical (unpaired) electrons. The summed E-state index contributed by atoms with van der Waals surface area (Å²) in [5, 5.41) is 0.823. The Balaban J connectivity index is 1.78. The molecule has 5 nitrogen and oxygen atoms in total. The van der Waals surface area contributed by atoms with E-state index in [0.29, 0.717) is 21.3 Å². The van der Waals surface area contributed by atoms with E-state index in [-0.39, 0.29) is 12.4 Å². The van der Waals surface area contributed by atoms with Gasteiger partial charge >= 0.3 is 5.97 Å². The van der Waals surface area contributed by atoms with Crippen molar-refractivity contribution in [3.05, 3.63) is 63.8 Å². The third kappa shape index (κ3) is 3.44. The number of aromatic nitrogens is 1. The number of para-hydroxylation sites is 1. The van der Waals surface area contributed by atoms with E-state index < -0.39 is 5.97 Å². The number of ketones is 1. The number of methoxy groups -OCH3 is 1. The summed E-state index contributed by atoms with van der Waals surface area (Å²) in [5.41, 5.74) is 2.49. The number of carbonyl (C=O) groups excluding carboxylic acids is 2. The highest BCUT2D eigenvalue weighted by atomic mass is 79.9. The first-order valence-corrected chi connectivity index (χ1v) is 8.41. The molecule has 1 heterocycles. The third-order valence-electron chi connectivity index (χ3n) is 3.90. The molecular weight excluding hydrogens is 386 g/mol. The summed E-state index contributed by atoms with van der Waals surface area (Å²) in [5.74, 6) is -0.298. The van der Waals surface area contributed by atoms with Crippen LogP contribution in [-0.2, 0) is 4.74 Å². The van der Waals surface area contributed by atoms with E-state index in [1.807, 2.05) is 31.2 Å². The average molecular weight is 402 g/mol. The topological polar surface area (TPSA) is 68.4 Å². The molecule has 0 spiro atoms. The molecule has 6 heteroatoms. The van der Waals surface area contributed by atoms with E-state index in [1.165, 1.54) is 7.11 Å². The average Bonchev–Trinajstić information content (AvgIpc) is 2.95. The normalized spacial score (nSPS) is 10.7. The summed E-state index contributed by atoms with van der Waals surface area (Å²) >= 11 is 3.30. The highest BCUT2D eigenvalue weighted by Crippen LogP contribution is 2.24. The first-order chi connectivity index (χ1) is 12.0. The molecule has 25 heavy (non-hydrogen) atoms. The lowest BCUT2D eigenvalue weighted by Gasteiger charge is -2.08. The quantitative estimate of drug-likeness (QED) is 0.511. The zero-order valence-electron chi connectivity index (χ0n) is 13.8. The van der Waals surface area contributed by atoms with Crippen molar-refractivity contribution in [3.63, 3.8) is 0 Å². The Kier molecular flexibility index (Phi) is 4.90. The van der Waals surface area contributed by atoms with Gasteiger partial charge in [-0.2, -0.15) is 0 Å². The molecule has 0 aliphatic heterocycles. The van der Waals surface area contributed by atoms with Crippen molar-refractivity contribution in [2.24, 2.45) is 0 Å². The van der Waals surface area contributed by atoms with Gasteiger partial charge in [0.1, 0.15) is 5.75 Å². The molecule has 0 aliphatic carbocycles. The number of hydrogen-bond donors (Lipinski definition) is 1. The summed E-state index contributed by atoms with van der Waals surface area (Å²) < 4.78 is 10.9. The number of esters is 1. The Morgan fingerprint density at radius 3 is 2.68 bits per heavy atom.